The Morgan fingerprint density at radius 2 is 1.90 bits per heavy atom. The highest BCUT2D eigenvalue weighted by atomic mass is 16.5. The third kappa shape index (κ3) is 2.53. The zero-order valence-electron chi connectivity index (χ0n) is 11.4. The van der Waals surface area contributed by atoms with Crippen LogP contribution in [0.4, 0.5) is 0 Å². The van der Waals surface area contributed by atoms with Crippen molar-refractivity contribution >= 4 is 16.7 Å². The lowest BCUT2D eigenvalue weighted by molar-refractivity contribution is -0.138. The van der Waals surface area contributed by atoms with Crippen molar-refractivity contribution in [1.82, 2.24) is 0 Å². The lowest BCUT2D eigenvalue weighted by Crippen LogP contribution is -2.32. The standard InChI is InChI=1S/C15H17NO4/c1-19-13-8-9(7-12(16)15(17)18)14(20-2)11-6-4-3-5-10(11)13/h3-6,8,12H,7,16H2,1-2H3,(H,17,18). The molecule has 5 heteroatoms. The molecule has 0 spiro atoms. The second-order valence-corrected chi connectivity index (χ2v) is 4.47. The van der Waals surface area contributed by atoms with E-state index in [1.54, 1.807) is 20.3 Å². The molecule has 2 aromatic carbocycles. The van der Waals surface area contributed by atoms with Crippen LogP contribution in [0.2, 0.25) is 0 Å². The number of carboxylic acids is 1. The zero-order valence-corrected chi connectivity index (χ0v) is 11.4. The maximum Gasteiger partial charge on any atom is 0.320 e. The normalized spacial score (nSPS) is 12.2. The molecular weight excluding hydrogens is 258 g/mol. The summed E-state index contributed by atoms with van der Waals surface area (Å²) < 4.78 is 10.8. The average Bonchev–Trinajstić information content (AvgIpc) is 2.46. The van der Waals surface area contributed by atoms with E-state index in [4.69, 9.17) is 20.3 Å². The molecule has 0 radical (unpaired) electrons. The van der Waals surface area contributed by atoms with Gasteiger partial charge in [0, 0.05) is 22.8 Å². The molecule has 1 atom stereocenters. The Morgan fingerprint density at radius 1 is 1.25 bits per heavy atom. The van der Waals surface area contributed by atoms with Gasteiger partial charge in [-0.2, -0.15) is 0 Å². The van der Waals surface area contributed by atoms with Crippen molar-refractivity contribution in [3.63, 3.8) is 0 Å². The minimum absolute atomic E-state index is 0.180. The number of rotatable bonds is 5. The van der Waals surface area contributed by atoms with Crippen molar-refractivity contribution in [2.45, 2.75) is 12.5 Å². The number of fused-ring (bicyclic) bond motifs is 1. The van der Waals surface area contributed by atoms with Gasteiger partial charge in [-0.1, -0.05) is 24.3 Å². The lowest BCUT2D eigenvalue weighted by Gasteiger charge is -2.16. The summed E-state index contributed by atoms with van der Waals surface area (Å²) >= 11 is 0. The summed E-state index contributed by atoms with van der Waals surface area (Å²) in [5.74, 6) is 0.270. The Bertz CT molecular complexity index is 639. The quantitative estimate of drug-likeness (QED) is 0.869. The highest BCUT2D eigenvalue weighted by molar-refractivity contribution is 5.94. The van der Waals surface area contributed by atoms with E-state index in [0.29, 0.717) is 11.5 Å². The fourth-order valence-corrected chi connectivity index (χ4v) is 2.26. The summed E-state index contributed by atoms with van der Waals surface area (Å²) in [4.78, 5) is 10.9. The largest absolute Gasteiger partial charge is 0.496 e. The van der Waals surface area contributed by atoms with Gasteiger partial charge in [0.15, 0.2) is 0 Å². The summed E-state index contributed by atoms with van der Waals surface area (Å²) in [6, 6.07) is 8.45. The van der Waals surface area contributed by atoms with Crippen molar-refractivity contribution < 1.29 is 19.4 Å². The Hall–Kier alpha value is -2.27. The molecule has 20 heavy (non-hydrogen) atoms. The van der Waals surface area contributed by atoms with Gasteiger partial charge < -0.3 is 20.3 Å². The van der Waals surface area contributed by atoms with Crippen LogP contribution < -0.4 is 15.2 Å². The molecular formula is C15H17NO4. The van der Waals surface area contributed by atoms with Crippen LogP contribution in [0.25, 0.3) is 10.8 Å². The van der Waals surface area contributed by atoms with Gasteiger partial charge in [0.25, 0.3) is 0 Å². The first-order valence-electron chi connectivity index (χ1n) is 6.19. The SMILES string of the molecule is COc1cc(CC(N)C(=O)O)c(OC)c2ccccc12. The molecule has 2 aromatic rings. The van der Waals surface area contributed by atoms with Crippen molar-refractivity contribution in [2.75, 3.05) is 14.2 Å². The predicted octanol–water partition coefficient (Wildman–Crippen LogP) is 1.81. The van der Waals surface area contributed by atoms with Crippen molar-refractivity contribution in [3.05, 3.63) is 35.9 Å². The maximum atomic E-state index is 10.9. The number of ether oxygens (including phenoxy) is 2. The Labute approximate surface area is 116 Å². The molecule has 0 heterocycles. The average molecular weight is 275 g/mol. The minimum Gasteiger partial charge on any atom is -0.496 e. The molecule has 0 aliphatic rings. The number of aliphatic carboxylic acids is 1. The lowest BCUT2D eigenvalue weighted by atomic mass is 9.99. The number of hydrogen-bond acceptors (Lipinski definition) is 4. The molecule has 5 nitrogen and oxygen atoms in total. The van der Waals surface area contributed by atoms with Crippen molar-refractivity contribution in [2.24, 2.45) is 5.73 Å². The van der Waals surface area contributed by atoms with Gasteiger partial charge in [0.2, 0.25) is 0 Å². The van der Waals surface area contributed by atoms with Gasteiger partial charge >= 0.3 is 5.97 Å². The molecule has 0 saturated heterocycles. The molecule has 0 bridgehead atoms. The van der Waals surface area contributed by atoms with Gasteiger partial charge in [0.1, 0.15) is 17.5 Å². The molecule has 2 rings (SSSR count). The molecule has 0 amide bonds. The molecule has 0 aromatic heterocycles. The van der Waals surface area contributed by atoms with Crippen LogP contribution in [0, 0.1) is 0 Å². The first-order valence-corrected chi connectivity index (χ1v) is 6.19. The molecule has 0 aliphatic heterocycles. The summed E-state index contributed by atoms with van der Waals surface area (Å²) in [6.45, 7) is 0. The Morgan fingerprint density at radius 3 is 2.45 bits per heavy atom. The van der Waals surface area contributed by atoms with Crippen molar-refractivity contribution in [1.29, 1.82) is 0 Å². The first kappa shape index (κ1) is 14.1. The summed E-state index contributed by atoms with van der Waals surface area (Å²) in [5.41, 5.74) is 6.33. The van der Waals surface area contributed by atoms with Crippen LogP contribution in [-0.4, -0.2) is 31.3 Å². The fraction of sp³-hybridized carbons (Fsp3) is 0.267. The number of hydrogen-bond donors (Lipinski definition) is 2. The maximum absolute atomic E-state index is 10.9. The van der Waals surface area contributed by atoms with Gasteiger partial charge in [-0.05, 0) is 6.07 Å². The van der Waals surface area contributed by atoms with E-state index >= 15 is 0 Å². The van der Waals surface area contributed by atoms with Crippen LogP contribution in [0.5, 0.6) is 11.5 Å². The Balaban J connectivity index is 2.61. The monoisotopic (exact) mass is 275 g/mol. The molecule has 0 fully saturated rings. The first-order chi connectivity index (χ1) is 9.58. The smallest absolute Gasteiger partial charge is 0.320 e. The summed E-state index contributed by atoms with van der Waals surface area (Å²) in [5, 5.41) is 10.7. The van der Waals surface area contributed by atoms with E-state index in [2.05, 4.69) is 0 Å². The zero-order chi connectivity index (χ0) is 14.7. The van der Waals surface area contributed by atoms with Crippen LogP contribution in [0.15, 0.2) is 30.3 Å². The topological polar surface area (TPSA) is 81.8 Å². The Kier molecular flexibility index (Phi) is 4.10. The highest BCUT2D eigenvalue weighted by Gasteiger charge is 2.18. The molecule has 3 N–H and O–H groups in total. The van der Waals surface area contributed by atoms with E-state index in [0.717, 1.165) is 16.3 Å². The third-order valence-corrected chi connectivity index (χ3v) is 3.22. The number of carboxylic acid groups (broad SMARTS) is 1. The van der Waals surface area contributed by atoms with E-state index in [-0.39, 0.29) is 6.42 Å². The minimum atomic E-state index is -1.04. The van der Waals surface area contributed by atoms with Gasteiger partial charge in [-0.25, -0.2) is 0 Å². The fourth-order valence-electron chi connectivity index (χ4n) is 2.26. The second kappa shape index (κ2) is 5.79. The molecule has 0 saturated carbocycles. The summed E-state index contributed by atoms with van der Waals surface area (Å²) in [7, 11) is 3.14. The van der Waals surface area contributed by atoms with Gasteiger partial charge in [0.05, 0.1) is 14.2 Å². The van der Waals surface area contributed by atoms with Crippen LogP contribution in [0.3, 0.4) is 0 Å². The number of carbonyl (C=O) groups is 1. The predicted molar refractivity (Wildman–Crippen MR) is 76.4 cm³/mol. The van der Waals surface area contributed by atoms with Crippen LogP contribution in [0.1, 0.15) is 5.56 Å². The molecule has 1 unspecified atom stereocenters. The number of methoxy groups -OCH3 is 2. The van der Waals surface area contributed by atoms with E-state index in [1.165, 1.54) is 0 Å². The van der Waals surface area contributed by atoms with Crippen LogP contribution in [-0.2, 0) is 11.2 Å². The van der Waals surface area contributed by atoms with Gasteiger partial charge in [-0.15, -0.1) is 0 Å². The van der Waals surface area contributed by atoms with Gasteiger partial charge in [-0.3, -0.25) is 4.79 Å². The summed E-state index contributed by atoms with van der Waals surface area (Å²) in [6.07, 6.45) is 0.180. The van der Waals surface area contributed by atoms with E-state index in [1.807, 2.05) is 24.3 Å². The molecule has 106 valence electrons. The van der Waals surface area contributed by atoms with Crippen LogP contribution >= 0.6 is 0 Å². The highest BCUT2D eigenvalue weighted by Crippen LogP contribution is 2.36. The second-order valence-electron chi connectivity index (χ2n) is 4.47. The number of nitrogens with two attached hydrogens (primary N) is 1. The van der Waals surface area contributed by atoms with E-state index < -0.39 is 12.0 Å². The van der Waals surface area contributed by atoms with Crippen molar-refractivity contribution in [3.8, 4) is 11.5 Å². The molecule has 0 aliphatic carbocycles. The number of benzene rings is 2. The third-order valence-electron chi connectivity index (χ3n) is 3.22. The van der Waals surface area contributed by atoms with E-state index in [9.17, 15) is 4.79 Å².